The number of carbonyl (C=O) groups is 2. The van der Waals surface area contributed by atoms with Gasteiger partial charge < -0.3 is 39.9 Å². The Morgan fingerprint density at radius 3 is 1.39 bits per heavy atom. The SMILES string of the molecule is CCCCCC=CCC=CCC=CCC=CCCCC(=O)O[C@H](COC(=O)CCCCCCCCCCCCCCCCC)COP(=O)(O)OC1[C@H](O)[C@H](O)C(O)[C@H](O)[C@H]1O. The van der Waals surface area contributed by atoms with Gasteiger partial charge in [-0.1, -0.05) is 165 Å². The molecule has 13 nitrogen and oxygen atoms in total. The Balaban J connectivity index is 2.50. The number of aliphatic hydroxyl groups excluding tert-OH is 5. The summed E-state index contributed by atoms with van der Waals surface area (Å²) < 4.78 is 33.5. The molecular weight excluding hydrogens is 803 g/mol. The summed E-state index contributed by atoms with van der Waals surface area (Å²) in [5.41, 5.74) is 0. The molecule has 0 spiro atoms. The molecule has 61 heavy (non-hydrogen) atoms. The lowest BCUT2D eigenvalue weighted by atomic mass is 9.85. The van der Waals surface area contributed by atoms with Gasteiger partial charge >= 0.3 is 19.8 Å². The number of hydrogen-bond acceptors (Lipinski definition) is 12. The molecule has 0 bridgehead atoms. The summed E-state index contributed by atoms with van der Waals surface area (Å²) in [6.45, 7) is 3.23. The first-order chi connectivity index (χ1) is 29.4. The van der Waals surface area contributed by atoms with Crippen LogP contribution in [0.4, 0.5) is 0 Å². The van der Waals surface area contributed by atoms with E-state index in [2.05, 4.69) is 50.3 Å². The van der Waals surface area contributed by atoms with Crippen LogP contribution in [-0.4, -0.2) is 98.3 Å². The van der Waals surface area contributed by atoms with E-state index in [1.165, 1.54) is 89.9 Å². The fraction of sp³-hybridized carbons (Fsp3) is 0.787. The van der Waals surface area contributed by atoms with Gasteiger partial charge in [0.05, 0.1) is 6.61 Å². The molecule has 1 rings (SSSR count). The van der Waals surface area contributed by atoms with Crippen molar-refractivity contribution in [1.29, 1.82) is 0 Å². The molecule has 0 aromatic carbocycles. The molecule has 0 saturated heterocycles. The fourth-order valence-corrected chi connectivity index (χ4v) is 7.84. The summed E-state index contributed by atoms with van der Waals surface area (Å²) in [6.07, 6.45) is 30.3. The maximum Gasteiger partial charge on any atom is 0.472 e. The number of rotatable bonds is 38. The van der Waals surface area contributed by atoms with Crippen molar-refractivity contribution in [2.45, 2.75) is 224 Å². The number of phosphoric ester groups is 1. The summed E-state index contributed by atoms with van der Waals surface area (Å²) in [4.78, 5) is 35.7. The Morgan fingerprint density at radius 1 is 0.508 bits per heavy atom. The summed E-state index contributed by atoms with van der Waals surface area (Å²) in [7, 11) is -5.13. The standard InChI is InChI=1S/C47H83O13P/c1-3-5-7-9-11-13-15-17-19-20-22-24-26-28-30-32-34-36-41(49)59-39(38-58-61(55,56)60-47-45(53)43(51)42(50)44(52)46(47)54)37-57-40(48)35-33-31-29-27-25-23-21-18-16-14-12-10-8-6-4-2/h11,13,17,19,22,24,28,30,39,42-47,50-54H,3-10,12,14-16,18,20-21,23,25-27,29,31-38H2,1-2H3,(H,55,56)/t39-,42?,43-,44+,45-,46-,47?/m1/s1. The van der Waals surface area contributed by atoms with E-state index in [4.69, 9.17) is 18.5 Å². The van der Waals surface area contributed by atoms with E-state index in [0.29, 0.717) is 19.3 Å². The summed E-state index contributed by atoms with van der Waals surface area (Å²) in [6, 6.07) is 0. The van der Waals surface area contributed by atoms with Crippen LogP contribution in [0.1, 0.15) is 181 Å². The predicted octanol–water partition coefficient (Wildman–Crippen LogP) is 9.17. The molecule has 1 aliphatic rings. The normalized spacial score (nSPS) is 22.4. The minimum atomic E-state index is -5.13. The van der Waals surface area contributed by atoms with Crippen molar-refractivity contribution in [3.05, 3.63) is 48.6 Å². The minimum absolute atomic E-state index is 0.0213. The molecule has 8 atom stereocenters. The van der Waals surface area contributed by atoms with E-state index in [1.54, 1.807) is 0 Å². The molecule has 1 fully saturated rings. The van der Waals surface area contributed by atoms with Crippen molar-refractivity contribution in [1.82, 2.24) is 0 Å². The lowest BCUT2D eigenvalue weighted by molar-refractivity contribution is -0.220. The first-order valence-corrected chi connectivity index (χ1v) is 24.9. The molecule has 0 aromatic rings. The summed E-state index contributed by atoms with van der Waals surface area (Å²) in [5, 5.41) is 50.1. The smallest absolute Gasteiger partial charge is 0.462 e. The van der Waals surface area contributed by atoms with Crippen LogP contribution in [0.5, 0.6) is 0 Å². The van der Waals surface area contributed by atoms with Gasteiger partial charge in [0, 0.05) is 12.8 Å². The third-order valence-electron chi connectivity index (χ3n) is 10.7. The Kier molecular flexibility index (Phi) is 34.7. The zero-order chi connectivity index (χ0) is 45.0. The molecular formula is C47H83O13P. The second-order valence-electron chi connectivity index (χ2n) is 16.3. The van der Waals surface area contributed by atoms with Gasteiger partial charge in [-0.15, -0.1) is 0 Å². The number of unbranched alkanes of at least 4 members (excludes halogenated alkanes) is 18. The van der Waals surface area contributed by atoms with E-state index in [9.17, 15) is 44.6 Å². The second kappa shape index (κ2) is 37.2. The van der Waals surface area contributed by atoms with Gasteiger partial charge in [0.15, 0.2) is 6.10 Å². The van der Waals surface area contributed by atoms with E-state index < -0.39 is 75.7 Å². The molecule has 0 aromatic heterocycles. The molecule has 1 saturated carbocycles. The number of esters is 2. The first-order valence-electron chi connectivity index (χ1n) is 23.4. The third-order valence-corrected chi connectivity index (χ3v) is 11.7. The van der Waals surface area contributed by atoms with Gasteiger partial charge in [0.25, 0.3) is 0 Å². The van der Waals surface area contributed by atoms with E-state index in [0.717, 1.165) is 44.9 Å². The van der Waals surface area contributed by atoms with Gasteiger partial charge in [0.2, 0.25) is 0 Å². The zero-order valence-electron chi connectivity index (χ0n) is 37.4. The van der Waals surface area contributed by atoms with Gasteiger partial charge in [-0.05, 0) is 51.4 Å². The van der Waals surface area contributed by atoms with Crippen LogP contribution in [-0.2, 0) is 32.7 Å². The van der Waals surface area contributed by atoms with Crippen LogP contribution >= 0.6 is 7.82 Å². The highest BCUT2D eigenvalue weighted by Gasteiger charge is 2.51. The number of phosphoric acid groups is 1. The molecule has 354 valence electrons. The first kappa shape index (κ1) is 56.8. The van der Waals surface area contributed by atoms with Gasteiger partial charge in [-0.3, -0.25) is 18.6 Å². The molecule has 6 N–H and O–H groups in total. The number of carbonyl (C=O) groups excluding carboxylic acids is 2. The highest BCUT2D eigenvalue weighted by atomic mass is 31.2. The van der Waals surface area contributed by atoms with Crippen LogP contribution < -0.4 is 0 Å². The molecule has 0 amide bonds. The van der Waals surface area contributed by atoms with Crippen molar-refractivity contribution in [2.24, 2.45) is 0 Å². The van der Waals surface area contributed by atoms with E-state index >= 15 is 0 Å². The highest BCUT2D eigenvalue weighted by Crippen LogP contribution is 2.47. The second-order valence-corrected chi connectivity index (χ2v) is 17.7. The average molecular weight is 887 g/mol. The monoisotopic (exact) mass is 887 g/mol. The van der Waals surface area contributed by atoms with Crippen LogP contribution in [0.15, 0.2) is 48.6 Å². The largest absolute Gasteiger partial charge is 0.472 e. The highest BCUT2D eigenvalue weighted by molar-refractivity contribution is 7.47. The molecule has 0 heterocycles. The lowest BCUT2D eigenvalue weighted by Gasteiger charge is -2.41. The number of aliphatic hydroxyl groups is 5. The molecule has 1 aliphatic carbocycles. The quantitative estimate of drug-likeness (QED) is 0.0148. The zero-order valence-corrected chi connectivity index (χ0v) is 38.3. The Labute approximate surface area is 367 Å². The van der Waals surface area contributed by atoms with Crippen LogP contribution in [0.2, 0.25) is 0 Å². The number of hydrogen-bond donors (Lipinski definition) is 6. The molecule has 3 unspecified atom stereocenters. The summed E-state index contributed by atoms with van der Waals surface area (Å²) in [5.74, 6) is -1.16. The Morgan fingerprint density at radius 2 is 0.902 bits per heavy atom. The van der Waals surface area contributed by atoms with Gasteiger partial charge in [-0.25, -0.2) is 4.57 Å². The van der Waals surface area contributed by atoms with Gasteiger partial charge in [-0.2, -0.15) is 0 Å². The van der Waals surface area contributed by atoms with Crippen molar-refractivity contribution in [3.63, 3.8) is 0 Å². The van der Waals surface area contributed by atoms with Crippen molar-refractivity contribution >= 4 is 19.8 Å². The Bertz CT molecular complexity index is 1250. The Hall–Kier alpha value is -2.19. The predicted molar refractivity (Wildman–Crippen MR) is 239 cm³/mol. The topological polar surface area (TPSA) is 210 Å². The molecule has 0 radical (unpaired) electrons. The minimum Gasteiger partial charge on any atom is -0.462 e. The maximum absolute atomic E-state index is 12.8. The molecule has 14 heteroatoms. The number of ether oxygens (including phenoxy) is 2. The third kappa shape index (κ3) is 29.7. The lowest BCUT2D eigenvalue weighted by Crippen LogP contribution is -2.64. The maximum atomic E-state index is 12.8. The van der Waals surface area contributed by atoms with Gasteiger partial charge in [0.1, 0.15) is 43.2 Å². The van der Waals surface area contributed by atoms with Crippen molar-refractivity contribution < 1.29 is 63.1 Å². The molecule has 0 aliphatic heterocycles. The van der Waals surface area contributed by atoms with Crippen LogP contribution in [0, 0.1) is 0 Å². The summed E-state index contributed by atoms with van der Waals surface area (Å²) >= 11 is 0. The average Bonchev–Trinajstić information content (AvgIpc) is 3.24. The van der Waals surface area contributed by atoms with E-state index in [1.807, 2.05) is 12.2 Å². The van der Waals surface area contributed by atoms with Crippen LogP contribution in [0.25, 0.3) is 0 Å². The van der Waals surface area contributed by atoms with Crippen molar-refractivity contribution in [2.75, 3.05) is 13.2 Å². The van der Waals surface area contributed by atoms with Crippen LogP contribution in [0.3, 0.4) is 0 Å². The van der Waals surface area contributed by atoms with Crippen molar-refractivity contribution in [3.8, 4) is 0 Å². The van der Waals surface area contributed by atoms with E-state index in [-0.39, 0.29) is 12.8 Å². The fourth-order valence-electron chi connectivity index (χ4n) is 6.87. The number of allylic oxidation sites excluding steroid dienone is 8.